The van der Waals surface area contributed by atoms with Crippen molar-refractivity contribution in [2.75, 3.05) is 7.11 Å². The SMILES string of the molecule is COc1ccc(CC(=O)C(N)C(C)C)cc1. The fraction of sp³-hybridized carbons (Fsp3) is 0.462. The lowest BCUT2D eigenvalue weighted by Gasteiger charge is -2.14. The molecule has 1 aromatic carbocycles. The molecular formula is C13H19NO2. The van der Waals surface area contributed by atoms with Crippen LogP contribution < -0.4 is 10.5 Å². The molecule has 2 N–H and O–H groups in total. The van der Waals surface area contributed by atoms with E-state index in [1.54, 1.807) is 7.11 Å². The summed E-state index contributed by atoms with van der Waals surface area (Å²) in [4.78, 5) is 11.8. The lowest BCUT2D eigenvalue weighted by atomic mass is 9.96. The van der Waals surface area contributed by atoms with Gasteiger partial charge in [-0.05, 0) is 23.6 Å². The first-order valence-electron chi connectivity index (χ1n) is 5.46. The monoisotopic (exact) mass is 221 g/mol. The molecular weight excluding hydrogens is 202 g/mol. The van der Waals surface area contributed by atoms with Crippen LogP contribution >= 0.6 is 0 Å². The Balaban J connectivity index is 2.62. The molecule has 0 amide bonds. The van der Waals surface area contributed by atoms with Gasteiger partial charge in [-0.2, -0.15) is 0 Å². The maximum absolute atomic E-state index is 11.8. The van der Waals surface area contributed by atoms with Crippen molar-refractivity contribution in [1.29, 1.82) is 0 Å². The molecule has 1 unspecified atom stereocenters. The number of carbonyl (C=O) groups is 1. The molecule has 0 aliphatic rings. The van der Waals surface area contributed by atoms with E-state index in [0.29, 0.717) is 6.42 Å². The average Bonchev–Trinajstić information content (AvgIpc) is 2.28. The molecule has 0 spiro atoms. The molecule has 1 rings (SSSR count). The third kappa shape index (κ3) is 3.35. The van der Waals surface area contributed by atoms with Crippen LogP contribution in [0.15, 0.2) is 24.3 Å². The van der Waals surface area contributed by atoms with Crippen LogP contribution in [-0.2, 0) is 11.2 Å². The van der Waals surface area contributed by atoms with Crippen molar-refractivity contribution in [2.24, 2.45) is 11.7 Å². The highest BCUT2D eigenvalue weighted by molar-refractivity contribution is 5.86. The van der Waals surface area contributed by atoms with E-state index in [9.17, 15) is 4.79 Å². The number of Topliss-reactive ketones (excluding diaryl/α,β-unsaturated/α-hetero) is 1. The molecule has 0 heterocycles. The van der Waals surface area contributed by atoms with E-state index in [4.69, 9.17) is 10.5 Å². The molecule has 3 nitrogen and oxygen atoms in total. The predicted molar refractivity (Wildman–Crippen MR) is 64.5 cm³/mol. The smallest absolute Gasteiger partial charge is 0.154 e. The van der Waals surface area contributed by atoms with Crippen LogP contribution in [0.3, 0.4) is 0 Å². The Hall–Kier alpha value is -1.35. The van der Waals surface area contributed by atoms with Crippen molar-refractivity contribution < 1.29 is 9.53 Å². The zero-order valence-corrected chi connectivity index (χ0v) is 10.1. The second-order valence-corrected chi connectivity index (χ2v) is 4.26. The van der Waals surface area contributed by atoms with Crippen molar-refractivity contribution in [3.63, 3.8) is 0 Å². The number of ketones is 1. The number of nitrogens with two attached hydrogens (primary N) is 1. The Morgan fingerprint density at radius 2 is 1.88 bits per heavy atom. The second kappa shape index (κ2) is 5.66. The molecule has 1 atom stereocenters. The summed E-state index contributed by atoms with van der Waals surface area (Å²) in [5.41, 5.74) is 6.76. The largest absolute Gasteiger partial charge is 0.497 e. The molecule has 0 saturated carbocycles. The van der Waals surface area contributed by atoms with Crippen molar-refractivity contribution >= 4 is 5.78 Å². The van der Waals surface area contributed by atoms with E-state index in [2.05, 4.69) is 0 Å². The third-order valence-corrected chi connectivity index (χ3v) is 2.63. The zero-order valence-electron chi connectivity index (χ0n) is 10.1. The molecule has 0 radical (unpaired) electrons. The standard InChI is InChI=1S/C13H19NO2/c1-9(2)13(14)12(15)8-10-4-6-11(16-3)7-5-10/h4-7,9,13H,8,14H2,1-3H3. The fourth-order valence-electron chi connectivity index (χ4n) is 1.43. The molecule has 16 heavy (non-hydrogen) atoms. The molecule has 0 aromatic heterocycles. The zero-order chi connectivity index (χ0) is 12.1. The molecule has 0 saturated heterocycles. The summed E-state index contributed by atoms with van der Waals surface area (Å²) in [6.07, 6.45) is 0.392. The quantitative estimate of drug-likeness (QED) is 0.824. The van der Waals surface area contributed by atoms with Crippen molar-refractivity contribution in [3.8, 4) is 5.75 Å². The van der Waals surface area contributed by atoms with Crippen LogP contribution in [-0.4, -0.2) is 18.9 Å². The normalized spacial score (nSPS) is 12.6. The highest BCUT2D eigenvalue weighted by Gasteiger charge is 2.17. The Labute approximate surface area is 96.6 Å². The molecule has 0 fully saturated rings. The van der Waals surface area contributed by atoms with E-state index in [-0.39, 0.29) is 17.7 Å². The maximum atomic E-state index is 11.8. The number of benzene rings is 1. The number of ether oxygens (including phenoxy) is 1. The molecule has 0 bridgehead atoms. The van der Waals surface area contributed by atoms with Gasteiger partial charge in [0, 0.05) is 6.42 Å². The van der Waals surface area contributed by atoms with Crippen LogP contribution in [0.25, 0.3) is 0 Å². The summed E-state index contributed by atoms with van der Waals surface area (Å²) < 4.78 is 5.05. The van der Waals surface area contributed by atoms with Crippen LogP contribution in [0.1, 0.15) is 19.4 Å². The van der Waals surface area contributed by atoms with E-state index in [0.717, 1.165) is 11.3 Å². The van der Waals surface area contributed by atoms with Gasteiger partial charge in [0.25, 0.3) is 0 Å². The van der Waals surface area contributed by atoms with Gasteiger partial charge in [-0.1, -0.05) is 26.0 Å². The first kappa shape index (κ1) is 12.7. The number of rotatable bonds is 5. The Bertz CT molecular complexity index is 343. The number of methoxy groups -OCH3 is 1. The lowest BCUT2D eigenvalue weighted by molar-refractivity contribution is -0.120. The molecule has 0 aliphatic carbocycles. The third-order valence-electron chi connectivity index (χ3n) is 2.63. The van der Waals surface area contributed by atoms with E-state index in [1.807, 2.05) is 38.1 Å². The maximum Gasteiger partial charge on any atom is 0.154 e. The average molecular weight is 221 g/mol. The van der Waals surface area contributed by atoms with Crippen molar-refractivity contribution in [3.05, 3.63) is 29.8 Å². The minimum absolute atomic E-state index is 0.0835. The molecule has 3 heteroatoms. The van der Waals surface area contributed by atoms with Gasteiger partial charge in [-0.3, -0.25) is 4.79 Å². The van der Waals surface area contributed by atoms with Gasteiger partial charge < -0.3 is 10.5 Å². The molecule has 0 aliphatic heterocycles. The summed E-state index contributed by atoms with van der Waals surface area (Å²) in [7, 11) is 1.62. The predicted octanol–water partition coefficient (Wildman–Crippen LogP) is 1.79. The van der Waals surface area contributed by atoms with Gasteiger partial charge in [0.2, 0.25) is 0 Å². The van der Waals surface area contributed by atoms with Crippen LogP contribution in [0.5, 0.6) is 5.75 Å². The van der Waals surface area contributed by atoms with Crippen LogP contribution in [0.4, 0.5) is 0 Å². The summed E-state index contributed by atoms with van der Waals surface area (Å²) in [6.45, 7) is 3.91. The van der Waals surface area contributed by atoms with Crippen molar-refractivity contribution in [2.45, 2.75) is 26.3 Å². The molecule has 1 aromatic rings. The number of hydrogen-bond acceptors (Lipinski definition) is 3. The minimum atomic E-state index is -0.373. The van der Waals surface area contributed by atoms with E-state index >= 15 is 0 Å². The van der Waals surface area contributed by atoms with Gasteiger partial charge >= 0.3 is 0 Å². The van der Waals surface area contributed by atoms with Crippen molar-refractivity contribution in [1.82, 2.24) is 0 Å². The van der Waals surface area contributed by atoms with Gasteiger partial charge in [-0.15, -0.1) is 0 Å². The highest BCUT2D eigenvalue weighted by atomic mass is 16.5. The first-order valence-corrected chi connectivity index (χ1v) is 5.46. The Morgan fingerprint density at radius 3 is 2.31 bits per heavy atom. The van der Waals surface area contributed by atoms with Crippen LogP contribution in [0.2, 0.25) is 0 Å². The van der Waals surface area contributed by atoms with Gasteiger partial charge in [0.15, 0.2) is 5.78 Å². The summed E-state index contributed by atoms with van der Waals surface area (Å²) in [5.74, 6) is 1.07. The van der Waals surface area contributed by atoms with E-state index in [1.165, 1.54) is 0 Å². The van der Waals surface area contributed by atoms with Gasteiger partial charge in [-0.25, -0.2) is 0 Å². The number of hydrogen-bond donors (Lipinski definition) is 1. The molecule has 88 valence electrons. The summed E-state index contributed by atoms with van der Waals surface area (Å²) >= 11 is 0. The second-order valence-electron chi connectivity index (χ2n) is 4.26. The van der Waals surface area contributed by atoms with Crippen LogP contribution in [0, 0.1) is 5.92 Å². The van der Waals surface area contributed by atoms with Gasteiger partial charge in [0.1, 0.15) is 5.75 Å². The highest BCUT2D eigenvalue weighted by Crippen LogP contribution is 2.13. The lowest BCUT2D eigenvalue weighted by Crippen LogP contribution is -2.36. The minimum Gasteiger partial charge on any atom is -0.497 e. The first-order chi connectivity index (χ1) is 7.54. The van der Waals surface area contributed by atoms with Gasteiger partial charge in [0.05, 0.1) is 13.2 Å². The fourth-order valence-corrected chi connectivity index (χ4v) is 1.43. The Morgan fingerprint density at radius 1 is 1.31 bits per heavy atom. The van der Waals surface area contributed by atoms with E-state index < -0.39 is 0 Å². The Kier molecular flexibility index (Phi) is 4.50. The number of carbonyl (C=O) groups excluding carboxylic acids is 1. The topological polar surface area (TPSA) is 52.3 Å². The summed E-state index contributed by atoms with van der Waals surface area (Å²) in [5, 5.41) is 0. The summed E-state index contributed by atoms with van der Waals surface area (Å²) in [6, 6.07) is 7.11.